The summed E-state index contributed by atoms with van der Waals surface area (Å²) in [5.41, 5.74) is 4.82. The maximum atomic E-state index is 14.8. The van der Waals surface area contributed by atoms with Crippen molar-refractivity contribution in [1.29, 1.82) is 0 Å². The highest BCUT2D eigenvalue weighted by Gasteiger charge is 2.33. The number of hydrogen-bond donors (Lipinski definition) is 3. The number of anilines is 1. The fourth-order valence-corrected chi connectivity index (χ4v) is 6.68. The van der Waals surface area contributed by atoms with Crippen molar-refractivity contribution in [1.82, 2.24) is 14.9 Å². The molecule has 0 radical (unpaired) electrons. The van der Waals surface area contributed by atoms with Crippen LogP contribution in [0.2, 0.25) is 0 Å². The summed E-state index contributed by atoms with van der Waals surface area (Å²) in [6.45, 7) is -0.234. The van der Waals surface area contributed by atoms with Gasteiger partial charge in [0.2, 0.25) is 10.0 Å². The van der Waals surface area contributed by atoms with Crippen LogP contribution in [0, 0.1) is 11.6 Å². The van der Waals surface area contributed by atoms with E-state index in [0.717, 1.165) is 16.1 Å². The second-order valence-corrected chi connectivity index (χ2v) is 13.1. The molecule has 3 N–H and O–H groups in total. The molecule has 0 saturated carbocycles. The molecular weight excluding hydrogens is 602 g/mol. The zero-order valence-electron chi connectivity index (χ0n) is 24.4. The summed E-state index contributed by atoms with van der Waals surface area (Å²) in [6, 6.07) is 18.5. The predicted molar refractivity (Wildman–Crippen MR) is 168 cm³/mol. The Kier molecular flexibility index (Phi) is 6.78. The molecule has 0 aliphatic carbocycles. The van der Waals surface area contributed by atoms with Gasteiger partial charge in [-0.2, -0.15) is 0 Å². The Bertz CT molecular complexity index is 2250. The minimum Gasteiger partial charge on any atom is -0.456 e. The van der Waals surface area contributed by atoms with Gasteiger partial charge in [0, 0.05) is 46.1 Å². The van der Waals surface area contributed by atoms with Crippen molar-refractivity contribution in [3.8, 4) is 34.0 Å². The van der Waals surface area contributed by atoms with Gasteiger partial charge in [0.15, 0.2) is 0 Å². The molecule has 45 heavy (non-hydrogen) atoms. The molecule has 0 spiro atoms. The Balaban J connectivity index is 1.50. The van der Waals surface area contributed by atoms with Gasteiger partial charge >= 0.3 is 0 Å². The highest BCUT2D eigenvalue weighted by atomic mass is 32.2. The summed E-state index contributed by atoms with van der Waals surface area (Å²) in [5, 5.41) is 25.1. The molecule has 0 saturated heterocycles. The van der Waals surface area contributed by atoms with Crippen molar-refractivity contribution in [3.05, 3.63) is 95.6 Å². The van der Waals surface area contributed by atoms with Crippen molar-refractivity contribution in [2.45, 2.75) is 12.3 Å². The zero-order chi connectivity index (χ0) is 31.8. The molecule has 12 heteroatoms. The van der Waals surface area contributed by atoms with Crippen molar-refractivity contribution in [3.63, 3.8) is 0 Å². The highest BCUT2D eigenvalue weighted by Crippen LogP contribution is 2.46. The number of hydrogen-bond acceptors (Lipinski definition) is 7. The number of nitrogens with zero attached hydrogens (tertiary/aromatic N) is 3. The number of halogens is 2. The van der Waals surface area contributed by atoms with E-state index in [1.165, 1.54) is 37.4 Å². The zero-order valence-corrected chi connectivity index (χ0v) is 25.2. The number of pyridine rings is 1. The largest absolute Gasteiger partial charge is 0.456 e. The molecule has 7 rings (SSSR count). The van der Waals surface area contributed by atoms with Crippen LogP contribution in [-0.4, -0.2) is 55.1 Å². The molecule has 2 unspecified atom stereocenters. The minimum absolute atomic E-state index is 0.234. The maximum absolute atomic E-state index is 14.8. The second-order valence-electron chi connectivity index (χ2n) is 11.0. The van der Waals surface area contributed by atoms with Gasteiger partial charge in [0.25, 0.3) is 0 Å². The van der Waals surface area contributed by atoms with E-state index >= 15 is 0 Å². The number of fused-ring (bicyclic) bond motifs is 6. The first-order valence-electron chi connectivity index (χ1n) is 14.1. The van der Waals surface area contributed by atoms with Gasteiger partial charge < -0.3 is 19.2 Å². The van der Waals surface area contributed by atoms with Crippen LogP contribution in [0.5, 0.6) is 0 Å². The van der Waals surface area contributed by atoms with Gasteiger partial charge in [0.1, 0.15) is 29.2 Å². The third kappa shape index (κ3) is 4.52. The van der Waals surface area contributed by atoms with E-state index in [-0.39, 0.29) is 23.9 Å². The highest BCUT2D eigenvalue weighted by molar-refractivity contribution is 7.92. The van der Waals surface area contributed by atoms with Crippen molar-refractivity contribution >= 4 is 37.6 Å². The molecule has 0 fully saturated rings. The van der Waals surface area contributed by atoms with Gasteiger partial charge in [-0.3, -0.25) is 9.62 Å². The van der Waals surface area contributed by atoms with Crippen molar-refractivity contribution < 1.29 is 31.8 Å². The van der Waals surface area contributed by atoms with E-state index in [4.69, 9.17) is 9.40 Å². The Morgan fingerprint density at radius 1 is 1.07 bits per heavy atom. The second kappa shape index (κ2) is 10.5. The van der Waals surface area contributed by atoms with Crippen LogP contribution < -0.4 is 9.62 Å². The molecule has 3 aromatic heterocycles. The summed E-state index contributed by atoms with van der Waals surface area (Å²) >= 11 is 0. The Labute approximate surface area is 257 Å². The smallest absolute Gasteiger partial charge is 0.232 e. The number of nitrogens with one attached hydrogen (secondary N) is 1. The van der Waals surface area contributed by atoms with Gasteiger partial charge in [-0.25, -0.2) is 22.2 Å². The van der Waals surface area contributed by atoms with E-state index < -0.39 is 28.1 Å². The van der Waals surface area contributed by atoms with E-state index in [1.54, 1.807) is 43.4 Å². The van der Waals surface area contributed by atoms with Crippen molar-refractivity contribution in [2.24, 2.45) is 0 Å². The summed E-state index contributed by atoms with van der Waals surface area (Å²) in [5.74, 6) is -0.534. The first-order valence-corrected chi connectivity index (χ1v) is 15.9. The maximum Gasteiger partial charge on any atom is 0.232 e. The van der Waals surface area contributed by atoms with Crippen LogP contribution in [0.4, 0.5) is 14.5 Å². The lowest BCUT2D eigenvalue weighted by atomic mass is 9.99. The first kappa shape index (κ1) is 29.1. The molecule has 4 heterocycles. The molecule has 0 bridgehead atoms. The van der Waals surface area contributed by atoms with Crippen molar-refractivity contribution in [2.75, 3.05) is 31.3 Å². The van der Waals surface area contributed by atoms with Gasteiger partial charge in [-0.1, -0.05) is 12.1 Å². The number of sulfonamides is 1. The molecule has 1 aliphatic heterocycles. The Morgan fingerprint density at radius 2 is 1.82 bits per heavy atom. The summed E-state index contributed by atoms with van der Waals surface area (Å²) in [4.78, 5) is 4.96. The van der Waals surface area contributed by atoms with Gasteiger partial charge in [-0.15, -0.1) is 0 Å². The molecule has 9 nitrogen and oxygen atoms in total. The Hall–Kier alpha value is -4.62. The van der Waals surface area contributed by atoms with Crippen LogP contribution in [-0.2, 0) is 10.0 Å². The average molecular weight is 631 g/mol. The SMILES string of the molecule is CNC(O)c1c(-c2ccc(F)cc2)oc2cc(N(C)S(C)(=O)=O)c(-c3ccc4c(n3)-c3cc5c(F)cccc5n3C4CO)cc12. The number of aliphatic hydroxyl groups excluding tert-OH is 2. The first-order chi connectivity index (χ1) is 21.5. The van der Waals surface area contributed by atoms with Gasteiger partial charge in [-0.05, 0) is 61.6 Å². The molecule has 0 amide bonds. The van der Waals surface area contributed by atoms with Crippen LogP contribution >= 0.6 is 0 Å². The molecule has 1 aliphatic rings. The average Bonchev–Trinajstić information content (AvgIpc) is 3.68. The predicted octanol–water partition coefficient (Wildman–Crippen LogP) is 5.56. The number of aromatic nitrogens is 2. The third-order valence-corrected chi connectivity index (χ3v) is 9.65. The quantitative estimate of drug-likeness (QED) is 0.198. The van der Waals surface area contributed by atoms with E-state index in [0.29, 0.717) is 55.6 Å². The number of aliphatic hydroxyl groups is 2. The molecule has 2 atom stereocenters. The minimum atomic E-state index is -3.75. The fraction of sp³-hybridized carbons (Fsp3) is 0.182. The molecular formula is C33H28F2N4O5S. The summed E-state index contributed by atoms with van der Waals surface area (Å²) in [6.07, 6.45) is -0.0976. The summed E-state index contributed by atoms with van der Waals surface area (Å²) in [7, 11) is -0.754. The topological polar surface area (TPSA) is 121 Å². The van der Waals surface area contributed by atoms with E-state index in [9.17, 15) is 27.4 Å². The number of benzene rings is 3. The normalized spacial score (nSPS) is 15.0. The van der Waals surface area contributed by atoms with Gasteiger partial charge in [0.05, 0.1) is 47.2 Å². The fourth-order valence-electron chi connectivity index (χ4n) is 6.17. The Morgan fingerprint density at radius 3 is 2.51 bits per heavy atom. The van der Waals surface area contributed by atoms with E-state index in [2.05, 4.69) is 5.32 Å². The standard InChI is InChI=1S/C33H28F2N4O5S/c1-36-33(41)30-22-13-21(26(38(2)45(3,42)43)15-29(22)44-32(30)17-7-9-18(34)10-8-17)24-12-11-19-28(16-40)39-25-6-4-5-23(35)20(25)14-27(39)31(19)37-24/h4-15,28,33,36,40-41H,16H2,1-3H3. The number of furan rings is 1. The lowest BCUT2D eigenvalue weighted by Gasteiger charge is -2.21. The third-order valence-electron chi connectivity index (χ3n) is 8.45. The lowest BCUT2D eigenvalue weighted by Crippen LogP contribution is -2.25. The monoisotopic (exact) mass is 630 g/mol. The molecule has 230 valence electrons. The molecule has 6 aromatic rings. The van der Waals surface area contributed by atoms with Crippen LogP contribution in [0.1, 0.15) is 23.4 Å². The summed E-state index contributed by atoms with van der Waals surface area (Å²) < 4.78 is 63.3. The molecule has 3 aromatic carbocycles. The number of rotatable bonds is 7. The van der Waals surface area contributed by atoms with Crippen LogP contribution in [0.3, 0.4) is 0 Å². The van der Waals surface area contributed by atoms with E-state index in [1.807, 2.05) is 10.6 Å². The lowest BCUT2D eigenvalue weighted by molar-refractivity contribution is 0.150. The van der Waals surface area contributed by atoms with Crippen LogP contribution in [0.15, 0.2) is 77.2 Å². The van der Waals surface area contributed by atoms with Crippen LogP contribution in [0.25, 0.3) is 55.8 Å².